The summed E-state index contributed by atoms with van der Waals surface area (Å²) in [5.74, 6) is 0. The third-order valence-electron chi connectivity index (χ3n) is 3.66. The zero-order chi connectivity index (χ0) is 12.8. The van der Waals surface area contributed by atoms with Gasteiger partial charge in [0.05, 0.1) is 12.0 Å². The van der Waals surface area contributed by atoms with Crippen LogP contribution in [0.1, 0.15) is 44.8 Å². The molecular weight excluding hydrogens is 224 g/mol. The molecule has 1 fully saturated rings. The van der Waals surface area contributed by atoms with E-state index in [0.29, 0.717) is 6.04 Å². The number of imidazole rings is 1. The molecule has 0 amide bonds. The number of aromatic nitrogens is 2. The van der Waals surface area contributed by atoms with Crippen LogP contribution in [0.15, 0.2) is 12.5 Å². The fourth-order valence-electron chi connectivity index (χ4n) is 2.57. The summed E-state index contributed by atoms with van der Waals surface area (Å²) >= 11 is 0. The van der Waals surface area contributed by atoms with Crippen molar-refractivity contribution < 1.29 is 0 Å². The van der Waals surface area contributed by atoms with E-state index < -0.39 is 0 Å². The van der Waals surface area contributed by atoms with Gasteiger partial charge in [-0.2, -0.15) is 0 Å². The van der Waals surface area contributed by atoms with Gasteiger partial charge in [-0.3, -0.25) is 0 Å². The molecule has 2 rings (SSSR count). The van der Waals surface area contributed by atoms with Crippen LogP contribution in [0.2, 0.25) is 0 Å². The molecule has 1 aliphatic rings. The summed E-state index contributed by atoms with van der Waals surface area (Å²) < 4.78 is 2.23. The smallest absolute Gasteiger partial charge is 0.0951 e. The first-order valence-corrected chi connectivity index (χ1v) is 7.21. The van der Waals surface area contributed by atoms with Gasteiger partial charge in [0.15, 0.2) is 0 Å². The van der Waals surface area contributed by atoms with Crippen LogP contribution in [0.25, 0.3) is 0 Å². The molecule has 2 heterocycles. The second kappa shape index (κ2) is 6.90. The molecule has 0 atom stereocenters. The number of nitrogens with zero attached hydrogens (tertiary/aromatic N) is 3. The Morgan fingerprint density at radius 2 is 2.06 bits per heavy atom. The molecular formula is C14H26N4. The molecule has 1 aliphatic heterocycles. The van der Waals surface area contributed by atoms with Crippen LogP contribution in [-0.4, -0.2) is 40.6 Å². The molecule has 1 aromatic rings. The Kier molecular flexibility index (Phi) is 5.20. The van der Waals surface area contributed by atoms with E-state index in [1.807, 2.05) is 12.5 Å². The zero-order valence-corrected chi connectivity index (χ0v) is 11.7. The van der Waals surface area contributed by atoms with Crippen molar-refractivity contribution in [3.8, 4) is 0 Å². The lowest BCUT2D eigenvalue weighted by atomic mass is 10.1. The van der Waals surface area contributed by atoms with Gasteiger partial charge < -0.3 is 14.8 Å². The minimum absolute atomic E-state index is 0.492. The van der Waals surface area contributed by atoms with Crippen LogP contribution in [0.5, 0.6) is 0 Å². The lowest BCUT2D eigenvalue weighted by Crippen LogP contribution is -2.35. The van der Waals surface area contributed by atoms with Crippen LogP contribution in [0.3, 0.4) is 0 Å². The Hall–Kier alpha value is -0.870. The summed E-state index contributed by atoms with van der Waals surface area (Å²) in [5.41, 5.74) is 1.28. The molecule has 102 valence electrons. The third kappa shape index (κ3) is 3.82. The van der Waals surface area contributed by atoms with Crippen molar-refractivity contribution in [3.63, 3.8) is 0 Å². The van der Waals surface area contributed by atoms with E-state index in [0.717, 1.165) is 13.1 Å². The highest BCUT2D eigenvalue weighted by molar-refractivity contribution is 4.99. The largest absolute Gasteiger partial charge is 0.331 e. The summed E-state index contributed by atoms with van der Waals surface area (Å²) in [5, 5.41) is 3.53. The number of hydrogen-bond acceptors (Lipinski definition) is 3. The van der Waals surface area contributed by atoms with Crippen molar-refractivity contribution in [1.29, 1.82) is 0 Å². The van der Waals surface area contributed by atoms with Crippen molar-refractivity contribution in [1.82, 2.24) is 19.8 Å². The second-order valence-electron chi connectivity index (χ2n) is 5.47. The van der Waals surface area contributed by atoms with Crippen LogP contribution < -0.4 is 5.32 Å². The Morgan fingerprint density at radius 1 is 1.28 bits per heavy atom. The number of rotatable bonds is 6. The quantitative estimate of drug-likeness (QED) is 0.784. The molecule has 0 saturated carbocycles. The van der Waals surface area contributed by atoms with Gasteiger partial charge >= 0.3 is 0 Å². The lowest BCUT2D eigenvalue weighted by Gasteiger charge is -2.26. The number of nitrogens with one attached hydrogen (secondary N) is 1. The molecule has 0 spiro atoms. The predicted octanol–water partition coefficient (Wildman–Crippen LogP) is 2.04. The van der Waals surface area contributed by atoms with E-state index in [1.54, 1.807) is 0 Å². The van der Waals surface area contributed by atoms with Crippen LogP contribution in [-0.2, 0) is 6.54 Å². The fourth-order valence-corrected chi connectivity index (χ4v) is 2.57. The maximum atomic E-state index is 4.22. The van der Waals surface area contributed by atoms with E-state index in [2.05, 4.69) is 33.6 Å². The van der Waals surface area contributed by atoms with Gasteiger partial charge in [0.1, 0.15) is 0 Å². The van der Waals surface area contributed by atoms with Crippen molar-refractivity contribution in [3.05, 3.63) is 18.2 Å². The average Bonchev–Trinajstić information content (AvgIpc) is 2.84. The normalized spacial score (nSPS) is 17.5. The monoisotopic (exact) mass is 250 g/mol. The summed E-state index contributed by atoms with van der Waals surface area (Å²) in [6, 6.07) is 0.492. The highest BCUT2D eigenvalue weighted by Gasteiger charge is 2.09. The number of hydrogen-bond donors (Lipinski definition) is 1. The van der Waals surface area contributed by atoms with E-state index >= 15 is 0 Å². The Bertz CT molecular complexity index is 339. The van der Waals surface area contributed by atoms with E-state index in [4.69, 9.17) is 0 Å². The standard InChI is InChI=1S/C14H26N4/c1-13(2)18-12-16-11-14(18)10-15-6-9-17-7-4-3-5-8-17/h11-13,15H,3-10H2,1-2H3. The summed E-state index contributed by atoms with van der Waals surface area (Å²) in [6.45, 7) is 10.1. The molecule has 1 saturated heterocycles. The Labute approximate surface area is 110 Å². The van der Waals surface area contributed by atoms with Gasteiger partial charge in [-0.25, -0.2) is 4.98 Å². The highest BCUT2D eigenvalue weighted by Crippen LogP contribution is 2.09. The summed E-state index contributed by atoms with van der Waals surface area (Å²) in [6.07, 6.45) is 8.05. The van der Waals surface area contributed by atoms with Gasteiger partial charge in [-0.1, -0.05) is 6.42 Å². The fraction of sp³-hybridized carbons (Fsp3) is 0.786. The van der Waals surface area contributed by atoms with Crippen molar-refractivity contribution in [2.45, 2.75) is 45.7 Å². The van der Waals surface area contributed by atoms with Crippen molar-refractivity contribution in [2.75, 3.05) is 26.2 Å². The molecule has 0 unspecified atom stereocenters. The lowest BCUT2D eigenvalue weighted by molar-refractivity contribution is 0.228. The maximum absolute atomic E-state index is 4.22. The zero-order valence-electron chi connectivity index (χ0n) is 11.7. The van der Waals surface area contributed by atoms with E-state index in [1.165, 1.54) is 44.6 Å². The van der Waals surface area contributed by atoms with Crippen LogP contribution >= 0.6 is 0 Å². The Balaban J connectivity index is 1.66. The van der Waals surface area contributed by atoms with Gasteiger partial charge in [-0.15, -0.1) is 0 Å². The van der Waals surface area contributed by atoms with Crippen molar-refractivity contribution >= 4 is 0 Å². The third-order valence-corrected chi connectivity index (χ3v) is 3.66. The topological polar surface area (TPSA) is 33.1 Å². The molecule has 0 bridgehead atoms. The molecule has 18 heavy (non-hydrogen) atoms. The molecule has 4 nitrogen and oxygen atoms in total. The molecule has 0 aromatic carbocycles. The van der Waals surface area contributed by atoms with Crippen LogP contribution in [0, 0.1) is 0 Å². The van der Waals surface area contributed by atoms with E-state index in [-0.39, 0.29) is 0 Å². The predicted molar refractivity (Wildman–Crippen MR) is 74.6 cm³/mol. The summed E-state index contributed by atoms with van der Waals surface area (Å²) in [7, 11) is 0. The summed E-state index contributed by atoms with van der Waals surface area (Å²) in [4.78, 5) is 6.79. The van der Waals surface area contributed by atoms with Crippen molar-refractivity contribution in [2.24, 2.45) is 0 Å². The second-order valence-corrected chi connectivity index (χ2v) is 5.47. The molecule has 0 aliphatic carbocycles. The molecule has 0 radical (unpaired) electrons. The molecule has 1 aromatic heterocycles. The van der Waals surface area contributed by atoms with E-state index in [9.17, 15) is 0 Å². The minimum Gasteiger partial charge on any atom is -0.331 e. The van der Waals surface area contributed by atoms with Gasteiger partial charge in [-0.05, 0) is 39.8 Å². The van der Waals surface area contributed by atoms with Gasteiger partial charge in [0.25, 0.3) is 0 Å². The molecule has 4 heteroatoms. The SMILES string of the molecule is CC(C)n1cncc1CNCCN1CCCCC1. The maximum Gasteiger partial charge on any atom is 0.0951 e. The van der Waals surface area contributed by atoms with Gasteiger partial charge in [0.2, 0.25) is 0 Å². The first-order valence-electron chi connectivity index (χ1n) is 7.21. The Morgan fingerprint density at radius 3 is 2.78 bits per heavy atom. The number of piperidine rings is 1. The first-order chi connectivity index (χ1) is 8.77. The van der Waals surface area contributed by atoms with Gasteiger partial charge in [0, 0.05) is 31.9 Å². The average molecular weight is 250 g/mol. The van der Waals surface area contributed by atoms with Crippen LogP contribution in [0.4, 0.5) is 0 Å². The number of likely N-dealkylation sites (tertiary alicyclic amines) is 1. The highest BCUT2D eigenvalue weighted by atomic mass is 15.1. The first kappa shape index (κ1) is 13.6. The molecule has 1 N–H and O–H groups in total. The minimum atomic E-state index is 0.492.